The van der Waals surface area contributed by atoms with Crippen molar-refractivity contribution in [3.8, 4) is 0 Å². The van der Waals surface area contributed by atoms with Crippen LogP contribution in [0.5, 0.6) is 0 Å². The maximum Gasteiger partial charge on any atom is 0.372 e. The highest BCUT2D eigenvalue weighted by molar-refractivity contribution is 9.10. The lowest BCUT2D eigenvalue weighted by Crippen LogP contribution is -1.96. The molecule has 0 fully saturated rings. The molecule has 1 heterocycles. The fourth-order valence-corrected chi connectivity index (χ4v) is 2.11. The van der Waals surface area contributed by atoms with E-state index in [0.29, 0.717) is 17.9 Å². The monoisotopic (exact) mass is 324 g/mol. The number of aromatic carboxylic acids is 1. The first-order valence-electron chi connectivity index (χ1n) is 5.71. The summed E-state index contributed by atoms with van der Waals surface area (Å²) >= 11 is 3.44. The molecule has 2 aromatic rings. The Morgan fingerprint density at radius 3 is 2.74 bits per heavy atom. The largest absolute Gasteiger partial charge is 0.475 e. The van der Waals surface area contributed by atoms with Crippen LogP contribution in [0.25, 0.3) is 0 Å². The number of hydrogen-bond acceptors (Lipinski definition) is 3. The van der Waals surface area contributed by atoms with Crippen molar-refractivity contribution < 1.29 is 19.1 Å². The Kier molecular flexibility index (Phi) is 4.39. The number of carboxylic acid groups (broad SMARTS) is 1. The van der Waals surface area contributed by atoms with Crippen LogP contribution in [-0.4, -0.2) is 11.1 Å². The van der Waals surface area contributed by atoms with E-state index in [-0.39, 0.29) is 12.4 Å². The Morgan fingerprint density at radius 1 is 1.37 bits per heavy atom. The van der Waals surface area contributed by atoms with Crippen LogP contribution in [0, 0.1) is 6.92 Å². The number of furan rings is 1. The summed E-state index contributed by atoms with van der Waals surface area (Å²) in [6.45, 7) is 2.38. The highest BCUT2D eigenvalue weighted by Gasteiger charge is 2.14. The molecule has 1 aromatic carbocycles. The number of ether oxygens (including phenoxy) is 1. The number of benzene rings is 1. The number of halogens is 1. The predicted molar refractivity (Wildman–Crippen MR) is 73.0 cm³/mol. The number of aryl methyl sites for hydroxylation is 1. The lowest BCUT2D eigenvalue weighted by molar-refractivity contribution is 0.0639. The molecular formula is C14H13BrO4. The van der Waals surface area contributed by atoms with Crippen LogP contribution in [-0.2, 0) is 18.0 Å². The van der Waals surface area contributed by atoms with Gasteiger partial charge in [0.1, 0.15) is 12.4 Å². The Hall–Kier alpha value is -1.59. The second-order valence-corrected chi connectivity index (χ2v) is 4.97. The van der Waals surface area contributed by atoms with Crippen molar-refractivity contribution in [1.82, 2.24) is 0 Å². The molecule has 2 rings (SSSR count). The minimum atomic E-state index is -1.06. The molecule has 0 bridgehead atoms. The van der Waals surface area contributed by atoms with Gasteiger partial charge in [-0.05, 0) is 24.6 Å². The third-order valence-corrected chi connectivity index (χ3v) is 3.40. The molecule has 0 saturated carbocycles. The molecule has 0 unspecified atom stereocenters. The first-order valence-corrected chi connectivity index (χ1v) is 6.51. The number of carbonyl (C=O) groups is 1. The van der Waals surface area contributed by atoms with E-state index in [1.54, 1.807) is 13.0 Å². The van der Waals surface area contributed by atoms with Crippen LogP contribution >= 0.6 is 15.9 Å². The maximum absolute atomic E-state index is 10.8. The second-order valence-electron chi connectivity index (χ2n) is 4.11. The molecule has 0 aliphatic rings. The zero-order valence-electron chi connectivity index (χ0n) is 10.4. The summed E-state index contributed by atoms with van der Waals surface area (Å²) in [5, 5.41) is 8.88. The van der Waals surface area contributed by atoms with Crippen molar-refractivity contribution in [3.63, 3.8) is 0 Å². The molecule has 1 N–H and O–H groups in total. The molecule has 1 aromatic heterocycles. The average Bonchev–Trinajstić information content (AvgIpc) is 2.73. The van der Waals surface area contributed by atoms with Crippen LogP contribution in [0.3, 0.4) is 0 Å². The molecule has 0 aliphatic carbocycles. The molecular weight excluding hydrogens is 312 g/mol. The van der Waals surface area contributed by atoms with Crippen molar-refractivity contribution in [3.05, 3.63) is 57.5 Å². The van der Waals surface area contributed by atoms with E-state index < -0.39 is 5.97 Å². The van der Waals surface area contributed by atoms with Crippen LogP contribution in [0.2, 0.25) is 0 Å². The number of carboxylic acids is 1. The maximum atomic E-state index is 10.8. The Labute approximate surface area is 119 Å². The summed E-state index contributed by atoms with van der Waals surface area (Å²) in [4.78, 5) is 10.8. The molecule has 0 radical (unpaired) electrons. The van der Waals surface area contributed by atoms with Crippen molar-refractivity contribution in [1.29, 1.82) is 0 Å². The fraction of sp³-hybridized carbons (Fsp3) is 0.214. The van der Waals surface area contributed by atoms with Gasteiger partial charge in [-0.15, -0.1) is 0 Å². The molecule has 4 nitrogen and oxygen atoms in total. The van der Waals surface area contributed by atoms with Gasteiger partial charge in [0.25, 0.3) is 0 Å². The highest BCUT2D eigenvalue weighted by Crippen LogP contribution is 2.19. The summed E-state index contributed by atoms with van der Waals surface area (Å²) in [5.74, 6) is -0.573. The standard InChI is InChI=1S/C14H13BrO4/c1-9-6-11(19-13(9)14(16)17)8-18-7-10-4-2-3-5-12(10)15/h2-6H,7-8H2,1H3,(H,16,17). The average molecular weight is 325 g/mol. The Bertz CT molecular complexity index is 589. The van der Waals surface area contributed by atoms with E-state index in [1.807, 2.05) is 24.3 Å². The molecule has 100 valence electrons. The lowest BCUT2D eigenvalue weighted by Gasteiger charge is -2.04. The zero-order chi connectivity index (χ0) is 13.8. The van der Waals surface area contributed by atoms with Crippen LogP contribution in [0.4, 0.5) is 0 Å². The molecule has 0 atom stereocenters. The van der Waals surface area contributed by atoms with E-state index in [9.17, 15) is 4.79 Å². The topological polar surface area (TPSA) is 59.7 Å². The van der Waals surface area contributed by atoms with Gasteiger partial charge in [-0.25, -0.2) is 4.79 Å². The fourth-order valence-electron chi connectivity index (χ4n) is 1.71. The van der Waals surface area contributed by atoms with E-state index in [0.717, 1.165) is 10.0 Å². The second kappa shape index (κ2) is 6.04. The summed E-state index contributed by atoms with van der Waals surface area (Å²) in [5.41, 5.74) is 1.64. The predicted octanol–water partition coefficient (Wildman–Crippen LogP) is 3.77. The van der Waals surface area contributed by atoms with E-state index in [4.69, 9.17) is 14.3 Å². The third-order valence-electron chi connectivity index (χ3n) is 2.62. The van der Waals surface area contributed by atoms with E-state index >= 15 is 0 Å². The molecule has 0 amide bonds. The van der Waals surface area contributed by atoms with Crippen molar-refractivity contribution >= 4 is 21.9 Å². The van der Waals surface area contributed by atoms with Crippen LogP contribution in [0.1, 0.15) is 27.4 Å². The third kappa shape index (κ3) is 3.45. The van der Waals surface area contributed by atoms with Crippen LogP contribution in [0.15, 0.2) is 39.2 Å². The summed E-state index contributed by atoms with van der Waals surface area (Å²) in [6.07, 6.45) is 0. The number of hydrogen-bond donors (Lipinski definition) is 1. The quantitative estimate of drug-likeness (QED) is 0.909. The first kappa shape index (κ1) is 13.8. The van der Waals surface area contributed by atoms with Crippen molar-refractivity contribution in [2.24, 2.45) is 0 Å². The van der Waals surface area contributed by atoms with Gasteiger partial charge >= 0.3 is 5.97 Å². The van der Waals surface area contributed by atoms with E-state index in [1.165, 1.54) is 0 Å². The van der Waals surface area contributed by atoms with E-state index in [2.05, 4.69) is 15.9 Å². The summed E-state index contributed by atoms with van der Waals surface area (Å²) in [7, 11) is 0. The molecule has 0 aliphatic heterocycles. The highest BCUT2D eigenvalue weighted by atomic mass is 79.9. The molecule has 5 heteroatoms. The normalized spacial score (nSPS) is 10.6. The van der Waals surface area contributed by atoms with Gasteiger partial charge in [-0.1, -0.05) is 34.1 Å². The van der Waals surface area contributed by atoms with Crippen molar-refractivity contribution in [2.75, 3.05) is 0 Å². The van der Waals surface area contributed by atoms with Gasteiger partial charge < -0.3 is 14.3 Å². The van der Waals surface area contributed by atoms with Gasteiger partial charge in [0.15, 0.2) is 0 Å². The van der Waals surface area contributed by atoms with Crippen LogP contribution < -0.4 is 0 Å². The molecule has 0 saturated heterocycles. The first-order chi connectivity index (χ1) is 9.08. The van der Waals surface area contributed by atoms with Gasteiger partial charge in [-0.2, -0.15) is 0 Å². The minimum absolute atomic E-state index is 0.0282. The SMILES string of the molecule is Cc1cc(COCc2ccccc2Br)oc1C(=O)O. The Morgan fingerprint density at radius 2 is 2.11 bits per heavy atom. The van der Waals surface area contributed by atoms with Gasteiger partial charge in [0.05, 0.1) is 6.61 Å². The smallest absolute Gasteiger partial charge is 0.372 e. The molecule has 19 heavy (non-hydrogen) atoms. The zero-order valence-corrected chi connectivity index (χ0v) is 11.9. The summed E-state index contributed by atoms with van der Waals surface area (Å²) in [6, 6.07) is 9.45. The van der Waals surface area contributed by atoms with Crippen molar-refractivity contribution in [2.45, 2.75) is 20.1 Å². The summed E-state index contributed by atoms with van der Waals surface area (Å²) < 4.78 is 11.7. The van der Waals surface area contributed by atoms with Gasteiger partial charge in [0.2, 0.25) is 5.76 Å². The number of rotatable bonds is 5. The Balaban J connectivity index is 1.95. The van der Waals surface area contributed by atoms with Gasteiger partial charge in [0, 0.05) is 10.0 Å². The lowest BCUT2D eigenvalue weighted by atomic mass is 10.2. The minimum Gasteiger partial charge on any atom is -0.475 e. The van der Waals surface area contributed by atoms with Gasteiger partial charge in [-0.3, -0.25) is 0 Å². The molecule has 0 spiro atoms.